The SMILES string of the molecule is COc1ccc2nccc(N)c2c1.O=C(O)C=CC(=O)O. The Labute approximate surface area is 120 Å². The van der Waals surface area contributed by atoms with E-state index in [4.69, 9.17) is 20.7 Å². The second kappa shape index (κ2) is 7.49. The Kier molecular flexibility index (Phi) is 5.69. The first-order valence-corrected chi connectivity index (χ1v) is 5.76. The molecule has 1 aromatic heterocycles. The predicted molar refractivity (Wildman–Crippen MR) is 77.1 cm³/mol. The summed E-state index contributed by atoms with van der Waals surface area (Å²) in [5.41, 5.74) is 7.40. The van der Waals surface area contributed by atoms with Crippen LogP contribution in [-0.2, 0) is 9.59 Å². The van der Waals surface area contributed by atoms with Gasteiger partial charge in [-0.1, -0.05) is 0 Å². The van der Waals surface area contributed by atoms with Crippen LogP contribution in [0.2, 0.25) is 0 Å². The molecule has 0 unspecified atom stereocenters. The monoisotopic (exact) mass is 290 g/mol. The van der Waals surface area contributed by atoms with Crippen molar-refractivity contribution < 1.29 is 24.5 Å². The van der Waals surface area contributed by atoms with Gasteiger partial charge in [-0.05, 0) is 24.3 Å². The molecule has 7 heteroatoms. The number of hydrogen-bond donors (Lipinski definition) is 3. The van der Waals surface area contributed by atoms with Gasteiger partial charge in [0.25, 0.3) is 0 Å². The van der Waals surface area contributed by atoms with E-state index in [1.807, 2.05) is 18.2 Å². The maximum atomic E-state index is 9.55. The van der Waals surface area contributed by atoms with E-state index in [0.29, 0.717) is 12.2 Å². The Morgan fingerprint density at radius 3 is 2.33 bits per heavy atom. The molecule has 0 aliphatic carbocycles. The van der Waals surface area contributed by atoms with E-state index in [2.05, 4.69) is 4.98 Å². The van der Waals surface area contributed by atoms with Crippen LogP contribution in [0.5, 0.6) is 5.75 Å². The fourth-order valence-corrected chi connectivity index (χ4v) is 1.42. The lowest BCUT2D eigenvalue weighted by Crippen LogP contribution is -1.91. The largest absolute Gasteiger partial charge is 0.497 e. The lowest BCUT2D eigenvalue weighted by Gasteiger charge is -2.03. The van der Waals surface area contributed by atoms with Gasteiger partial charge in [-0.15, -0.1) is 0 Å². The summed E-state index contributed by atoms with van der Waals surface area (Å²) in [5, 5.41) is 16.6. The van der Waals surface area contributed by atoms with E-state index in [0.717, 1.165) is 22.3 Å². The molecular formula is C14H14N2O5. The maximum Gasteiger partial charge on any atom is 0.328 e. The zero-order valence-electron chi connectivity index (χ0n) is 11.2. The summed E-state index contributed by atoms with van der Waals surface area (Å²) in [4.78, 5) is 23.3. The molecule has 0 bridgehead atoms. The van der Waals surface area contributed by atoms with Gasteiger partial charge in [-0.25, -0.2) is 9.59 Å². The molecule has 0 radical (unpaired) electrons. The highest BCUT2D eigenvalue weighted by Gasteiger charge is 1.99. The Balaban J connectivity index is 0.000000240. The van der Waals surface area contributed by atoms with Crippen molar-refractivity contribution in [1.82, 2.24) is 4.98 Å². The molecule has 0 saturated heterocycles. The van der Waals surface area contributed by atoms with Crippen LogP contribution in [-0.4, -0.2) is 34.2 Å². The number of aliphatic carboxylic acids is 2. The Morgan fingerprint density at radius 1 is 1.19 bits per heavy atom. The van der Waals surface area contributed by atoms with Crippen LogP contribution >= 0.6 is 0 Å². The average Bonchev–Trinajstić information content (AvgIpc) is 2.46. The number of methoxy groups -OCH3 is 1. The number of fused-ring (bicyclic) bond motifs is 1. The number of pyridine rings is 1. The number of hydrogen-bond acceptors (Lipinski definition) is 5. The first-order valence-electron chi connectivity index (χ1n) is 5.76. The zero-order chi connectivity index (χ0) is 15.8. The fraction of sp³-hybridized carbons (Fsp3) is 0.0714. The number of anilines is 1. The number of nitrogen functional groups attached to an aromatic ring is 1. The Hall–Kier alpha value is -3.09. The first-order chi connectivity index (χ1) is 9.93. The molecule has 0 atom stereocenters. The standard InChI is InChI=1S/C10H10N2O.C4H4O4/c1-13-7-2-3-10-8(6-7)9(11)4-5-12-10;5-3(6)1-2-4(7)8/h2-6H,1H3,(H2,11,12);1-2H,(H,5,6)(H,7,8). The Bertz CT molecular complexity index is 666. The lowest BCUT2D eigenvalue weighted by atomic mass is 10.2. The van der Waals surface area contributed by atoms with Crippen LogP contribution < -0.4 is 10.5 Å². The van der Waals surface area contributed by atoms with E-state index in [-0.39, 0.29) is 0 Å². The fourth-order valence-electron chi connectivity index (χ4n) is 1.42. The van der Waals surface area contributed by atoms with Gasteiger partial charge < -0.3 is 20.7 Å². The third-order valence-corrected chi connectivity index (χ3v) is 2.35. The highest BCUT2D eigenvalue weighted by atomic mass is 16.5. The molecular weight excluding hydrogens is 276 g/mol. The second-order valence-electron chi connectivity index (χ2n) is 3.79. The smallest absolute Gasteiger partial charge is 0.328 e. The quantitative estimate of drug-likeness (QED) is 0.732. The normalized spacial score (nSPS) is 9.95. The van der Waals surface area contributed by atoms with Crippen molar-refractivity contribution in [2.45, 2.75) is 0 Å². The van der Waals surface area contributed by atoms with Gasteiger partial charge in [-0.3, -0.25) is 4.98 Å². The highest BCUT2D eigenvalue weighted by Crippen LogP contribution is 2.23. The molecule has 0 amide bonds. The minimum atomic E-state index is -1.26. The summed E-state index contributed by atoms with van der Waals surface area (Å²) in [6.07, 6.45) is 2.81. The average molecular weight is 290 g/mol. The number of nitrogens with two attached hydrogens (primary N) is 1. The number of ether oxygens (including phenoxy) is 1. The van der Waals surface area contributed by atoms with E-state index in [9.17, 15) is 9.59 Å². The van der Waals surface area contributed by atoms with Gasteiger partial charge in [0.1, 0.15) is 5.75 Å². The topological polar surface area (TPSA) is 123 Å². The molecule has 0 saturated carbocycles. The van der Waals surface area contributed by atoms with Crippen molar-refractivity contribution in [3.05, 3.63) is 42.6 Å². The van der Waals surface area contributed by atoms with Gasteiger partial charge in [0, 0.05) is 29.4 Å². The van der Waals surface area contributed by atoms with Gasteiger partial charge in [0.2, 0.25) is 0 Å². The molecule has 1 aromatic carbocycles. The number of nitrogens with zero attached hydrogens (tertiary/aromatic N) is 1. The van der Waals surface area contributed by atoms with Crippen LogP contribution in [0.4, 0.5) is 5.69 Å². The summed E-state index contributed by atoms with van der Waals surface area (Å²) in [5.74, 6) is -1.72. The molecule has 7 nitrogen and oxygen atoms in total. The number of aromatic nitrogens is 1. The molecule has 0 fully saturated rings. The summed E-state index contributed by atoms with van der Waals surface area (Å²) in [6, 6.07) is 7.43. The lowest BCUT2D eigenvalue weighted by molar-refractivity contribution is -0.134. The Morgan fingerprint density at radius 2 is 1.81 bits per heavy atom. The molecule has 1 heterocycles. The summed E-state index contributed by atoms with van der Waals surface area (Å²) < 4.78 is 5.09. The molecule has 21 heavy (non-hydrogen) atoms. The third-order valence-electron chi connectivity index (χ3n) is 2.35. The van der Waals surface area contributed by atoms with E-state index < -0.39 is 11.9 Å². The molecule has 110 valence electrons. The number of carboxylic acid groups (broad SMARTS) is 2. The van der Waals surface area contributed by atoms with Crippen molar-refractivity contribution in [1.29, 1.82) is 0 Å². The van der Waals surface area contributed by atoms with E-state index >= 15 is 0 Å². The van der Waals surface area contributed by atoms with Crippen LogP contribution in [0.3, 0.4) is 0 Å². The second-order valence-corrected chi connectivity index (χ2v) is 3.79. The van der Waals surface area contributed by atoms with Crippen LogP contribution in [0.1, 0.15) is 0 Å². The van der Waals surface area contributed by atoms with Crippen molar-refractivity contribution in [3.8, 4) is 5.75 Å². The molecule has 0 aliphatic rings. The third kappa shape index (κ3) is 5.19. The molecule has 0 spiro atoms. The van der Waals surface area contributed by atoms with Gasteiger partial charge in [-0.2, -0.15) is 0 Å². The van der Waals surface area contributed by atoms with Crippen molar-refractivity contribution in [2.75, 3.05) is 12.8 Å². The van der Waals surface area contributed by atoms with Gasteiger partial charge in [0.05, 0.1) is 12.6 Å². The van der Waals surface area contributed by atoms with Crippen molar-refractivity contribution in [2.24, 2.45) is 0 Å². The summed E-state index contributed by atoms with van der Waals surface area (Å²) in [7, 11) is 1.63. The van der Waals surface area contributed by atoms with Gasteiger partial charge >= 0.3 is 11.9 Å². The van der Waals surface area contributed by atoms with Gasteiger partial charge in [0.15, 0.2) is 0 Å². The van der Waals surface area contributed by atoms with Crippen LogP contribution in [0, 0.1) is 0 Å². The summed E-state index contributed by atoms with van der Waals surface area (Å²) >= 11 is 0. The van der Waals surface area contributed by atoms with E-state index in [1.54, 1.807) is 19.4 Å². The molecule has 4 N–H and O–H groups in total. The minimum absolute atomic E-state index is 0.558. The number of rotatable bonds is 3. The van der Waals surface area contributed by atoms with E-state index in [1.165, 1.54) is 0 Å². The first kappa shape index (κ1) is 16.0. The highest BCUT2D eigenvalue weighted by molar-refractivity contribution is 5.91. The van der Waals surface area contributed by atoms with Crippen molar-refractivity contribution in [3.63, 3.8) is 0 Å². The number of carboxylic acids is 2. The maximum absolute atomic E-state index is 9.55. The summed E-state index contributed by atoms with van der Waals surface area (Å²) in [6.45, 7) is 0. The molecule has 2 rings (SSSR count). The molecule has 0 aliphatic heterocycles. The predicted octanol–water partition coefficient (Wildman–Crippen LogP) is 1.54. The zero-order valence-corrected chi connectivity index (χ0v) is 11.2. The molecule has 2 aromatic rings. The number of carbonyl (C=O) groups is 2. The van der Waals surface area contributed by atoms with Crippen LogP contribution in [0.25, 0.3) is 10.9 Å². The number of benzene rings is 1. The minimum Gasteiger partial charge on any atom is -0.497 e. The van der Waals surface area contributed by atoms with Crippen LogP contribution in [0.15, 0.2) is 42.6 Å². The van der Waals surface area contributed by atoms with Crippen molar-refractivity contribution >= 4 is 28.5 Å².